The van der Waals surface area contributed by atoms with Gasteiger partial charge in [0.25, 0.3) is 0 Å². The van der Waals surface area contributed by atoms with E-state index in [1.54, 1.807) is 6.07 Å². The number of ether oxygens (including phenoxy) is 1. The van der Waals surface area contributed by atoms with Gasteiger partial charge in [-0.3, -0.25) is 9.59 Å². The summed E-state index contributed by atoms with van der Waals surface area (Å²) < 4.78 is 5.36. The van der Waals surface area contributed by atoms with E-state index in [0.717, 1.165) is 30.0 Å². The molecule has 2 amide bonds. The van der Waals surface area contributed by atoms with Gasteiger partial charge in [-0.05, 0) is 35.9 Å². The van der Waals surface area contributed by atoms with Gasteiger partial charge in [-0.1, -0.05) is 18.2 Å². The van der Waals surface area contributed by atoms with Gasteiger partial charge in [0.2, 0.25) is 0 Å². The van der Waals surface area contributed by atoms with Gasteiger partial charge in [0.1, 0.15) is 0 Å². The molecule has 7 nitrogen and oxygen atoms in total. The molecule has 1 heterocycles. The van der Waals surface area contributed by atoms with Gasteiger partial charge < -0.3 is 25.2 Å². The summed E-state index contributed by atoms with van der Waals surface area (Å²) in [6.45, 7) is 3.30. The number of morpholine rings is 1. The number of rotatable bonds is 5. The Morgan fingerprint density at radius 3 is 2.43 bits per heavy atom. The lowest BCUT2D eigenvalue weighted by Crippen LogP contribution is -2.36. The second-order valence-corrected chi connectivity index (χ2v) is 6.85. The van der Waals surface area contributed by atoms with Gasteiger partial charge in [0, 0.05) is 50.8 Å². The van der Waals surface area contributed by atoms with Gasteiger partial charge in [0.05, 0.1) is 13.2 Å². The molecule has 7 heteroatoms. The fourth-order valence-corrected chi connectivity index (χ4v) is 2.96. The summed E-state index contributed by atoms with van der Waals surface area (Å²) in [5.41, 5.74) is 3.61. The van der Waals surface area contributed by atoms with Crippen LogP contribution in [0.15, 0.2) is 48.5 Å². The number of hydrogen-bond donors (Lipinski definition) is 2. The van der Waals surface area contributed by atoms with Gasteiger partial charge in [-0.15, -0.1) is 0 Å². The second kappa shape index (κ2) is 9.23. The third-order valence-corrected chi connectivity index (χ3v) is 4.59. The van der Waals surface area contributed by atoms with E-state index in [1.807, 2.05) is 61.5 Å². The predicted molar refractivity (Wildman–Crippen MR) is 111 cm³/mol. The summed E-state index contributed by atoms with van der Waals surface area (Å²) >= 11 is 0. The van der Waals surface area contributed by atoms with Crippen LogP contribution in [0.2, 0.25) is 0 Å². The molecular weight excluding hydrogens is 356 g/mol. The molecule has 1 fully saturated rings. The average Bonchev–Trinajstić information content (AvgIpc) is 2.73. The molecule has 0 unspecified atom stereocenters. The number of anilines is 3. The second-order valence-electron chi connectivity index (χ2n) is 6.85. The van der Waals surface area contributed by atoms with E-state index in [-0.39, 0.29) is 0 Å². The highest BCUT2D eigenvalue weighted by atomic mass is 16.5. The Morgan fingerprint density at radius 1 is 1.04 bits per heavy atom. The van der Waals surface area contributed by atoms with Crippen molar-refractivity contribution in [2.45, 2.75) is 6.54 Å². The lowest BCUT2D eigenvalue weighted by molar-refractivity contribution is -0.136. The number of carbonyl (C=O) groups is 2. The van der Waals surface area contributed by atoms with E-state index in [2.05, 4.69) is 15.5 Å². The van der Waals surface area contributed by atoms with Crippen LogP contribution in [0, 0.1) is 0 Å². The Morgan fingerprint density at radius 2 is 1.75 bits per heavy atom. The molecule has 0 aromatic heterocycles. The fourth-order valence-electron chi connectivity index (χ4n) is 2.96. The Kier molecular flexibility index (Phi) is 6.49. The molecular formula is C21H26N4O3. The Labute approximate surface area is 165 Å². The average molecular weight is 382 g/mol. The molecule has 28 heavy (non-hydrogen) atoms. The van der Waals surface area contributed by atoms with Crippen molar-refractivity contribution in [3.63, 3.8) is 0 Å². The van der Waals surface area contributed by atoms with E-state index in [1.165, 1.54) is 0 Å². The monoisotopic (exact) mass is 382 g/mol. The van der Waals surface area contributed by atoms with Gasteiger partial charge in [-0.25, -0.2) is 0 Å². The number of hydrogen-bond acceptors (Lipinski definition) is 5. The van der Waals surface area contributed by atoms with Crippen molar-refractivity contribution in [1.29, 1.82) is 0 Å². The van der Waals surface area contributed by atoms with E-state index >= 15 is 0 Å². The molecule has 0 spiro atoms. The fraction of sp³-hybridized carbons (Fsp3) is 0.333. The summed E-state index contributed by atoms with van der Waals surface area (Å²) in [4.78, 5) is 28.5. The van der Waals surface area contributed by atoms with Crippen molar-refractivity contribution >= 4 is 28.9 Å². The minimum Gasteiger partial charge on any atom is -0.378 e. The highest BCUT2D eigenvalue weighted by Gasteiger charge is 2.15. The normalized spacial score (nSPS) is 13.7. The summed E-state index contributed by atoms with van der Waals surface area (Å²) in [6.07, 6.45) is 0. The lowest BCUT2D eigenvalue weighted by Gasteiger charge is -2.29. The first kappa shape index (κ1) is 19.7. The maximum Gasteiger partial charge on any atom is 0.313 e. The van der Waals surface area contributed by atoms with Crippen LogP contribution in [-0.2, 0) is 20.9 Å². The van der Waals surface area contributed by atoms with Crippen LogP contribution < -0.4 is 20.4 Å². The van der Waals surface area contributed by atoms with Crippen LogP contribution in [0.4, 0.5) is 17.1 Å². The molecule has 0 saturated carbocycles. The molecule has 0 aliphatic carbocycles. The zero-order valence-electron chi connectivity index (χ0n) is 16.3. The van der Waals surface area contributed by atoms with Gasteiger partial charge >= 0.3 is 11.8 Å². The maximum absolute atomic E-state index is 12.2. The molecule has 2 N–H and O–H groups in total. The summed E-state index contributed by atoms with van der Waals surface area (Å²) in [5, 5.41) is 5.32. The SMILES string of the molecule is CN(C)c1ccc(CNC(=O)C(=O)Nc2cccc(N3CCOCC3)c2)cc1. The highest BCUT2D eigenvalue weighted by Crippen LogP contribution is 2.20. The van der Waals surface area contributed by atoms with Crippen LogP contribution in [0.5, 0.6) is 0 Å². The molecule has 1 aliphatic heterocycles. The molecule has 3 rings (SSSR count). The summed E-state index contributed by atoms with van der Waals surface area (Å²) in [5.74, 6) is -1.34. The lowest BCUT2D eigenvalue weighted by atomic mass is 10.2. The molecule has 0 radical (unpaired) electrons. The first-order valence-corrected chi connectivity index (χ1v) is 9.31. The third kappa shape index (κ3) is 5.23. The topological polar surface area (TPSA) is 73.9 Å². The number of amides is 2. The standard InChI is InChI=1S/C21H26N4O3/c1-24(2)18-8-6-16(7-9-18)15-22-20(26)21(27)23-17-4-3-5-19(14-17)25-10-12-28-13-11-25/h3-9,14H,10-13,15H2,1-2H3,(H,22,26)(H,23,27). The summed E-state index contributed by atoms with van der Waals surface area (Å²) in [7, 11) is 3.93. The quantitative estimate of drug-likeness (QED) is 0.772. The molecule has 2 aromatic carbocycles. The Bertz CT molecular complexity index is 815. The smallest absolute Gasteiger partial charge is 0.313 e. The molecule has 0 bridgehead atoms. The van der Waals surface area contributed by atoms with Crippen molar-refractivity contribution in [1.82, 2.24) is 5.32 Å². The van der Waals surface area contributed by atoms with E-state index in [4.69, 9.17) is 4.74 Å². The van der Waals surface area contributed by atoms with Crippen molar-refractivity contribution in [2.24, 2.45) is 0 Å². The van der Waals surface area contributed by atoms with Crippen molar-refractivity contribution in [3.05, 3.63) is 54.1 Å². The number of nitrogens with one attached hydrogen (secondary N) is 2. The minimum absolute atomic E-state index is 0.299. The van der Waals surface area contributed by atoms with Crippen molar-refractivity contribution < 1.29 is 14.3 Å². The largest absolute Gasteiger partial charge is 0.378 e. The van der Waals surface area contributed by atoms with Gasteiger partial charge in [0.15, 0.2) is 0 Å². The molecule has 148 valence electrons. The van der Waals surface area contributed by atoms with Crippen molar-refractivity contribution in [3.8, 4) is 0 Å². The molecule has 1 saturated heterocycles. The summed E-state index contributed by atoms with van der Waals surface area (Å²) in [6, 6.07) is 15.3. The Hall–Kier alpha value is -3.06. The van der Waals surface area contributed by atoms with E-state index in [9.17, 15) is 9.59 Å². The first-order chi connectivity index (χ1) is 13.5. The first-order valence-electron chi connectivity index (χ1n) is 9.31. The van der Waals surface area contributed by atoms with Crippen LogP contribution in [0.1, 0.15) is 5.56 Å². The number of nitrogens with zero attached hydrogens (tertiary/aromatic N) is 2. The molecule has 1 aliphatic rings. The van der Waals surface area contributed by atoms with Crippen molar-refractivity contribution in [2.75, 3.05) is 55.5 Å². The van der Waals surface area contributed by atoms with Crippen LogP contribution in [-0.4, -0.2) is 52.2 Å². The third-order valence-electron chi connectivity index (χ3n) is 4.59. The van der Waals surface area contributed by atoms with Crippen LogP contribution >= 0.6 is 0 Å². The maximum atomic E-state index is 12.2. The van der Waals surface area contributed by atoms with Crippen LogP contribution in [0.25, 0.3) is 0 Å². The molecule has 2 aromatic rings. The predicted octanol–water partition coefficient (Wildman–Crippen LogP) is 1.84. The zero-order valence-corrected chi connectivity index (χ0v) is 16.3. The number of benzene rings is 2. The number of carbonyl (C=O) groups excluding carboxylic acids is 2. The van der Waals surface area contributed by atoms with E-state index < -0.39 is 11.8 Å². The minimum atomic E-state index is -0.677. The zero-order chi connectivity index (χ0) is 19.9. The Balaban J connectivity index is 1.53. The van der Waals surface area contributed by atoms with E-state index in [0.29, 0.717) is 25.4 Å². The molecule has 0 atom stereocenters. The highest BCUT2D eigenvalue weighted by molar-refractivity contribution is 6.39. The van der Waals surface area contributed by atoms with Crippen LogP contribution in [0.3, 0.4) is 0 Å². The van der Waals surface area contributed by atoms with Gasteiger partial charge in [-0.2, -0.15) is 0 Å².